The minimum absolute atomic E-state index is 0.572. The molecule has 0 radical (unpaired) electrons. The molecule has 0 amide bonds. The van der Waals surface area contributed by atoms with E-state index >= 15 is 0 Å². The highest BCUT2D eigenvalue weighted by atomic mass is 16.4. The lowest BCUT2D eigenvalue weighted by Gasteiger charge is -2.11. The standard InChI is InChI=1S/C11H16N2O/c1-8-5-4-6-9(2)11(8)12-7-10(3)13-14/h4-6,12,14H,7H2,1-3H3. The molecule has 0 spiro atoms. The first-order valence-electron chi connectivity index (χ1n) is 4.62. The summed E-state index contributed by atoms with van der Waals surface area (Å²) in [5.41, 5.74) is 4.20. The maximum absolute atomic E-state index is 8.50. The molecule has 3 nitrogen and oxygen atoms in total. The van der Waals surface area contributed by atoms with Crippen LogP contribution >= 0.6 is 0 Å². The molecule has 1 rings (SSSR count). The third-order valence-electron chi connectivity index (χ3n) is 2.17. The van der Waals surface area contributed by atoms with Crippen LogP contribution in [0.1, 0.15) is 18.1 Å². The molecular weight excluding hydrogens is 176 g/mol. The van der Waals surface area contributed by atoms with Crippen LogP contribution in [0.25, 0.3) is 0 Å². The van der Waals surface area contributed by atoms with Crippen molar-refractivity contribution in [2.75, 3.05) is 11.9 Å². The molecule has 2 N–H and O–H groups in total. The fourth-order valence-corrected chi connectivity index (χ4v) is 1.34. The zero-order valence-electron chi connectivity index (χ0n) is 8.83. The van der Waals surface area contributed by atoms with E-state index in [1.165, 1.54) is 11.1 Å². The summed E-state index contributed by atoms with van der Waals surface area (Å²) >= 11 is 0. The van der Waals surface area contributed by atoms with Crippen LogP contribution in [0.3, 0.4) is 0 Å². The average molecular weight is 192 g/mol. The van der Waals surface area contributed by atoms with E-state index in [0.717, 1.165) is 5.69 Å². The second-order valence-corrected chi connectivity index (χ2v) is 3.46. The molecule has 0 aromatic heterocycles. The highest BCUT2D eigenvalue weighted by Gasteiger charge is 2.01. The van der Waals surface area contributed by atoms with Gasteiger partial charge in [0.15, 0.2) is 0 Å². The van der Waals surface area contributed by atoms with E-state index < -0.39 is 0 Å². The van der Waals surface area contributed by atoms with Crippen LogP contribution in [-0.4, -0.2) is 17.5 Å². The van der Waals surface area contributed by atoms with Gasteiger partial charge in [-0.15, -0.1) is 0 Å². The Labute approximate surface area is 84.4 Å². The van der Waals surface area contributed by atoms with Gasteiger partial charge >= 0.3 is 0 Å². The minimum Gasteiger partial charge on any atom is -0.411 e. The summed E-state index contributed by atoms with van der Waals surface area (Å²) in [5, 5.41) is 14.9. The third-order valence-corrected chi connectivity index (χ3v) is 2.17. The molecule has 0 aliphatic heterocycles. The molecule has 14 heavy (non-hydrogen) atoms. The Bertz CT molecular complexity index is 325. The summed E-state index contributed by atoms with van der Waals surface area (Å²) in [6.07, 6.45) is 0. The summed E-state index contributed by atoms with van der Waals surface area (Å²) in [5.74, 6) is 0. The number of rotatable bonds is 3. The van der Waals surface area contributed by atoms with Crippen LogP contribution in [0, 0.1) is 13.8 Å². The number of nitrogens with zero attached hydrogens (tertiary/aromatic N) is 1. The Morgan fingerprint density at radius 3 is 2.43 bits per heavy atom. The molecule has 0 atom stereocenters. The van der Waals surface area contributed by atoms with E-state index in [1.54, 1.807) is 6.92 Å². The lowest BCUT2D eigenvalue weighted by atomic mass is 10.1. The number of anilines is 1. The number of hydrogen-bond acceptors (Lipinski definition) is 3. The second kappa shape index (κ2) is 4.65. The summed E-state index contributed by atoms with van der Waals surface area (Å²) in [6.45, 7) is 6.46. The molecule has 3 heteroatoms. The molecule has 0 unspecified atom stereocenters. The van der Waals surface area contributed by atoms with Crippen LogP contribution in [0.4, 0.5) is 5.69 Å². The molecule has 0 fully saturated rings. The van der Waals surface area contributed by atoms with Crippen LogP contribution in [0.15, 0.2) is 23.4 Å². The number of aryl methyl sites for hydroxylation is 2. The Hall–Kier alpha value is -1.51. The van der Waals surface area contributed by atoms with Crippen LogP contribution in [0.5, 0.6) is 0 Å². The fourth-order valence-electron chi connectivity index (χ4n) is 1.34. The zero-order valence-corrected chi connectivity index (χ0v) is 8.83. The molecule has 0 heterocycles. The maximum atomic E-state index is 8.50. The molecule has 76 valence electrons. The highest BCUT2D eigenvalue weighted by molar-refractivity contribution is 5.85. The average Bonchev–Trinajstić information content (AvgIpc) is 2.16. The van der Waals surface area contributed by atoms with E-state index in [2.05, 4.69) is 36.5 Å². The van der Waals surface area contributed by atoms with Crippen LogP contribution in [-0.2, 0) is 0 Å². The predicted molar refractivity (Wildman–Crippen MR) is 59.3 cm³/mol. The van der Waals surface area contributed by atoms with Crippen molar-refractivity contribution in [2.45, 2.75) is 20.8 Å². The zero-order chi connectivity index (χ0) is 10.6. The van der Waals surface area contributed by atoms with Gasteiger partial charge in [0, 0.05) is 5.69 Å². The molecule has 0 aliphatic rings. The largest absolute Gasteiger partial charge is 0.411 e. The highest BCUT2D eigenvalue weighted by Crippen LogP contribution is 2.18. The van der Waals surface area contributed by atoms with Gasteiger partial charge in [-0.2, -0.15) is 0 Å². The smallest absolute Gasteiger partial charge is 0.0730 e. The topological polar surface area (TPSA) is 44.6 Å². The quantitative estimate of drug-likeness (QED) is 0.439. The summed E-state index contributed by atoms with van der Waals surface area (Å²) < 4.78 is 0. The van der Waals surface area contributed by atoms with Gasteiger partial charge < -0.3 is 10.5 Å². The Morgan fingerprint density at radius 2 is 1.93 bits per heavy atom. The molecular formula is C11H16N2O. The lowest BCUT2D eigenvalue weighted by molar-refractivity contribution is 0.318. The SMILES string of the molecule is CC(CNc1c(C)cccc1C)=NO. The van der Waals surface area contributed by atoms with E-state index in [1.807, 2.05) is 6.07 Å². The molecule has 1 aromatic carbocycles. The van der Waals surface area contributed by atoms with Gasteiger partial charge in [0.1, 0.15) is 0 Å². The number of para-hydroxylation sites is 1. The molecule has 0 saturated heterocycles. The lowest BCUT2D eigenvalue weighted by Crippen LogP contribution is -2.12. The summed E-state index contributed by atoms with van der Waals surface area (Å²) in [6, 6.07) is 6.14. The van der Waals surface area contributed by atoms with E-state index in [9.17, 15) is 0 Å². The van der Waals surface area contributed by atoms with Gasteiger partial charge in [-0.1, -0.05) is 23.4 Å². The van der Waals surface area contributed by atoms with Gasteiger partial charge in [-0.05, 0) is 31.9 Å². The molecule has 0 bridgehead atoms. The predicted octanol–water partition coefficient (Wildman–Crippen LogP) is 2.57. The van der Waals surface area contributed by atoms with Crippen molar-refractivity contribution in [1.29, 1.82) is 0 Å². The number of oxime groups is 1. The first-order chi connectivity index (χ1) is 6.65. The van der Waals surface area contributed by atoms with Crippen LogP contribution < -0.4 is 5.32 Å². The van der Waals surface area contributed by atoms with E-state index in [4.69, 9.17) is 5.21 Å². The van der Waals surface area contributed by atoms with Crippen molar-refractivity contribution in [3.8, 4) is 0 Å². The molecule has 0 saturated carbocycles. The molecule has 1 aromatic rings. The second-order valence-electron chi connectivity index (χ2n) is 3.46. The number of hydrogen-bond donors (Lipinski definition) is 2. The van der Waals surface area contributed by atoms with Crippen LogP contribution in [0.2, 0.25) is 0 Å². The summed E-state index contributed by atoms with van der Waals surface area (Å²) in [7, 11) is 0. The first-order valence-corrected chi connectivity index (χ1v) is 4.62. The van der Waals surface area contributed by atoms with Crippen molar-refractivity contribution in [3.05, 3.63) is 29.3 Å². The van der Waals surface area contributed by atoms with Crippen molar-refractivity contribution < 1.29 is 5.21 Å². The van der Waals surface area contributed by atoms with Gasteiger partial charge in [-0.25, -0.2) is 0 Å². The van der Waals surface area contributed by atoms with Gasteiger partial charge in [0.25, 0.3) is 0 Å². The van der Waals surface area contributed by atoms with Gasteiger partial charge in [0.05, 0.1) is 12.3 Å². The van der Waals surface area contributed by atoms with Crippen molar-refractivity contribution in [3.63, 3.8) is 0 Å². The normalized spacial score (nSPS) is 11.5. The van der Waals surface area contributed by atoms with Crippen molar-refractivity contribution in [1.82, 2.24) is 0 Å². The Kier molecular flexibility index (Phi) is 3.51. The van der Waals surface area contributed by atoms with Crippen molar-refractivity contribution in [2.24, 2.45) is 5.16 Å². The monoisotopic (exact) mass is 192 g/mol. The van der Waals surface area contributed by atoms with E-state index in [0.29, 0.717) is 12.3 Å². The minimum atomic E-state index is 0.572. The number of benzene rings is 1. The first kappa shape index (κ1) is 10.6. The fraction of sp³-hybridized carbons (Fsp3) is 0.364. The maximum Gasteiger partial charge on any atom is 0.0730 e. The third kappa shape index (κ3) is 2.49. The van der Waals surface area contributed by atoms with Gasteiger partial charge in [-0.3, -0.25) is 0 Å². The number of nitrogens with one attached hydrogen (secondary N) is 1. The molecule has 0 aliphatic carbocycles. The van der Waals surface area contributed by atoms with Gasteiger partial charge in [0.2, 0.25) is 0 Å². The van der Waals surface area contributed by atoms with E-state index in [-0.39, 0.29) is 0 Å². The summed E-state index contributed by atoms with van der Waals surface area (Å²) in [4.78, 5) is 0. The Balaban J connectivity index is 2.76. The Morgan fingerprint density at radius 1 is 1.36 bits per heavy atom. The van der Waals surface area contributed by atoms with Crippen molar-refractivity contribution >= 4 is 11.4 Å².